The van der Waals surface area contributed by atoms with E-state index in [0.717, 1.165) is 31.1 Å². The summed E-state index contributed by atoms with van der Waals surface area (Å²) in [5.74, 6) is 1.70. The van der Waals surface area contributed by atoms with Crippen LogP contribution in [0.2, 0.25) is 0 Å². The second kappa shape index (κ2) is 9.27. The molecule has 116 valence electrons. The molecule has 1 aromatic rings. The zero-order chi connectivity index (χ0) is 14.8. The van der Waals surface area contributed by atoms with E-state index >= 15 is 0 Å². The van der Waals surface area contributed by atoms with Crippen LogP contribution in [-0.2, 0) is 0 Å². The predicted octanol–water partition coefficient (Wildman–Crippen LogP) is 3.34. The van der Waals surface area contributed by atoms with Crippen LogP contribution in [0.5, 0.6) is 5.75 Å². The van der Waals surface area contributed by atoms with Crippen molar-refractivity contribution in [3.63, 3.8) is 0 Å². The van der Waals surface area contributed by atoms with Gasteiger partial charge in [-0.1, -0.05) is 43.9 Å². The van der Waals surface area contributed by atoms with E-state index in [1.807, 2.05) is 30.3 Å². The Labute approximate surface area is 127 Å². The molecule has 0 bridgehead atoms. The predicted molar refractivity (Wildman–Crippen MR) is 84.5 cm³/mol. The number of para-hydroxylation sites is 1. The highest BCUT2D eigenvalue weighted by molar-refractivity contribution is 5.73. The van der Waals surface area contributed by atoms with Gasteiger partial charge in [-0.3, -0.25) is 0 Å². The zero-order valence-corrected chi connectivity index (χ0v) is 12.6. The third-order valence-corrected chi connectivity index (χ3v) is 3.93. The average Bonchev–Trinajstić information content (AvgIpc) is 3.01. The summed E-state index contributed by atoms with van der Waals surface area (Å²) in [6.45, 7) is 2.05. The van der Waals surface area contributed by atoms with Gasteiger partial charge in [0, 0.05) is 13.1 Å². The third-order valence-electron chi connectivity index (χ3n) is 3.93. The topological polar surface area (TPSA) is 50.4 Å². The first kappa shape index (κ1) is 15.7. The van der Waals surface area contributed by atoms with Gasteiger partial charge in [0.25, 0.3) is 0 Å². The summed E-state index contributed by atoms with van der Waals surface area (Å²) >= 11 is 0. The Hall–Kier alpha value is -1.71. The van der Waals surface area contributed by atoms with Crippen LogP contribution in [0.15, 0.2) is 30.3 Å². The zero-order valence-electron chi connectivity index (χ0n) is 12.6. The Bertz CT molecular complexity index is 403. The summed E-state index contributed by atoms with van der Waals surface area (Å²) in [7, 11) is 0. The number of benzene rings is 1. The summed E-state index contributed by atoms with van der Waals surface area (Å²) in [6, 6.07) is 9.67. The lowest BCUT2D eigenvalue weighted by Gasteiger charge is -2.11. The van der Waals surface area contributed by atoms with Gasteiger partial charge in [0.2, 0.25) is 0 Å². The smallest absolute Gasteiger partial charge is 0.314 e. The molecule has 2 rings (SSSR count). The first-order valence-electron chi connectivity index (χ1n) is 8.04. The molecule has 1 aliphatic carbocycles. The molecule has 1 saturated carbocycles. The van der Waals surface area contributed by atoms with E-state index in [-0.39, 0.29) is 6.03 Å². The SMILES string of the molecule is O=C(NCCCOc1ccccc1)NCCC1CCCC1. The number of amides is 2. The molecular weight excluding hydrogens is 264 g/mol. The first-order chi connectivity index (χ1) is 10.3. The number of carbonyl (C=O) groups is 1. The maximum absolute atomic E-state index is 11.6. The maximum Gasteiger partial charge on any atom is 0.314 e. The number of carbonyl (C=O) groups excluding carboxylic acids is 1. The van der Waals surface area contributed by atoms with E-state index in [9.17, 15) is 4.79 Å². The molecule has 0 aromatic heterocycles. The fraction of sp³-hybridized carbons (Fsp3) is 0.588. The van der Waals surface area contributed by atoms with Gasteiger partial charge in [-0.25, -0.2) is 4.79 Å². The summed E-state index contributed by atoms with van der Waals surface area (Å²) < 4.78 is 5.56. The van der Waals surface area contributed by atoms with Crippen molar-refractivity contribution in [2.24, 2.45) is 5.92 Å². The van der Waals surface area contributed by atoms with Crippen molar-refractivity contribution >= 4 is 6.03 Å². The standard InChI is InChI=1S/C17H26N2O2/c20-17(19-13-11-15-7-4-5-8-15)18-12-6-14-21-16-9-2-1-3-10-16/h1-3,9-10,15H,4-8,11-14H2,(H2,18,19,20). The molecule has 1 aliphatic rings. The van der Waals surface area contributed by atoms with Crippen molar-refractivity contribution in [3.05, 3.63) is 30.3 Å². The average molecular weight is 290 g/mol. The Kier molecular flexibility index (Phi) is 6.92. The van der Waals surface area contributed by atoms with Crippen LogP contribution in [0.4, 0.5) is 4.79 Å². The van der Waals surface area contributed by atoms with Crippen LogP contribution < -0.4 is 15.4 Å². The Morgan fingerprint density at radius 2 is 1.81 bits per heavy atom. The molecule has 0 radical (unpaired) electrons. The molecule has 1 aromatic carbocycles. The number of urea groups is 1. The van der Waals surface area contributed by atoms with Gasteiger partial charge < -0.3 is 15.4 Å². The van der Waals surface area contributed by atoms with Gasteiger partial charge in [-0.15, -0.1) is 0 Å². The second-order valence-electron chi connectivity index (χ2n) is 5.64. The van der Waals surface area contributed by atoms with Crippen LogP contribution >= 0.6 is 0 Å². The maximum atomic E-state index is 11.6. The molecule has 4 heteroatoms. The molecule has 21 heavy (non-hydrogen) atoms. The van der Waals surface area contributed by atoms with Gasteiger partial charge in [0.05, 0.1) is 6.61 Å². The monoisotopic (exact) mass is 290 g/mol. The van der Waals surface area contributed by atoms with Crippen molar-refractivity contribution < 1.29 is 9.53 Å². The molecule has 1 fully saturated rings. The molecule has 4 nitrogen and oxygen atoms in total. The third kappa shape index (κ3) is 6.52. The Balaban J connectivity index is 1.43. The number of nitrogens with one attached hydrogen (secondary N) is 2. The summed E-state index contributed by atoms with van der Waals surface area (Å²) in [5.41, 5.74) is 0. The molecule has 0 saturated heterocycles. The van der Waals surface area contributed by atoms with Crippen LogP contribution in [-0.4, -0.2) is 25.7 Å². The second-order valence-corrected chi connectivity index (χ2v) is 5.64. The van der Waals surface area contributed by atoms with E-state index in [2.05, 4.69) is 10.6 Å². The van der Waals surface area contributed by atoms with Gasteiger partial charge in [0.15, 0.2) is 0 Å². The van der Waals surface area contributed by atoms with Crippen molar-refractivity contribution in [2.45, 2.75) is 38.5 Å². The molecule has 0 atom stereocenters. The lowest BCUT2D eigenvalue weighted by molar-refractivity contribution is 0.238. The van der Waals surface area contributed by atoms with Crippen LogP contribution in [0.25, 0.3) is 0 Å². The molecule has 0 spiro atoms. The quantitative estimate of drug-likeness (QED) is 0.721. The fourth-order valence-corrected chi connectivity index (χ4v) is 2.73. The summed E-state index contributed by atoms with van der Waals surface area (Å²) in [6.07, 6.45) is 7.31. The van der Waals surface area contributed by atoms with Gasteiger partial charge >= 0.3 is 6.03 Å². The van der Waals surface area contributed by atoms with E-state index in [0.29, 0.717) is 13.2 Å². The molecule has 2 N–H and O–H groups in total. The fourth-order valence-electron chi connectivity index (χ4n) is 2.73. The highest BCUT2D eigenvalue weighted by Crippen LogP contribution is 2.26. The van der Waals surface area contributed by atoms with E-state index < -0.39 is 0 Å². The summed E-state index contributed by atoms with van der Waals surface area (Å²) in [5, 5.41) is 5.79. The lowest BCUT2D eigenvalue weighted by atomic mass is 10.0. The van der Waals surface area contributed by atoms with Gasteiger partial charge in [-0.05, 0) is 30.9 Å². The Morgan fingerprint density at radius 1 is 1.10 bits per heavy atom. The van der Waals surface area contributed by atoms with E-state index in [4.69, 9.17) is 4.74 Å². The van der Waals surface area contributed by atoms with Crippen molar-refractivity contribution in [3.8, 4) is 5.75 Å². The molecule has 0 unspecified atom stereocenters. The molecule has 0 aliphatic heterocycles. The normalized spacial score (nSPS) is 14.9. The lowest BCUT2D eigenvalue weighted by Crippen LogP contribution is -2.37. The molecular formula is C17H26N2O2. The molecule has 0 heterocycles. The number of hydrogen-bond donors (Lipinski definition) is 2. The Morgan fingerprint density at radius 3 is 2.57 bits per heavy atom. The van der Waals surface area contributed by atoms with Crippen molar-refractivity contribution in [2.75, 3.05) is 19.7 Å². The summed E-state index contributed by atoms with van der Waals surface area (Å²) in [4.78, 5) is 11.6. The van der Waals surface area contributed by atoms with E-state index in [1.54, 1.807) is 0 Å². The largest absolute Gasteiger partial charge is 0.494 e. The minimum Gasteiger partial charge on any atom is -0.494 e. The number of hydrogen-bond acceptors (Lipinski definition) is 2. The highest BCUT2D eigenvalue weighted by atomic mass is 16.5. The number of rotatable bonds is 8. The van der Waals surface area contributed by atoms with Crippen LogP contribution in [0.3, 0.4) is 0 Å². The van der Waals surface area contributed by atoms with Crippen LogP contribution in [0, 0.1) is 5.92 Å². The van der Waals surface area contributed by atoms with Crippen molar-refractivity contribution in [1.82, 2.24) is 10.6 Å². The van der Waals surface area contributed by atoms with Crippen LogP contribution in [0.1, 0.15) is 38.5 Å². The molecule has 2 amide bonds. The highest BCUT2D eigenvalue weighted by Gasteiger charge is 2.14. The van der Waals surface area contributed by atoms with E-state index in [1.165, 1.54) is 25.7 Å². The minimum atomic E-state index is -0.0623. The van der Waals surface area contributed by atoms with Crippen molar-refractivity contribution in [1.29, 1.82) is 0 Å². The minimum absolute atomic E-state index is 0.0623. The van der Waals surface area contributed by atoms with Gasteiger partial charge in [0.1, 0.15) is 5.75 Å². The van der Waals surface area contributed by atoms with Gasteiger partial charge in [-0.2, -0.15) is 0 Å². The first-order valence-corrected chi connectivity index (χ1v) is 8.04. The number of ether oxygens (including phenoxy) is 1.